The fraction of sp³-hybridized carbons (Fsp3) is 0.364. The zero-order valence-electron chi connectivity index (χ0n) is 9.14. The SMILES string of the molecule is CCOc1ccc2c(c1)C(N=O)C(=O)N2C. The summed E-state index contributed by atoms with van der Waals surface area (Å²) in [5.74, 6) is 0.358. The third kappa shape index (κ3) is 1.44. The van der Waals surface area contributed by atoms with Crippen LogP contribution in [0.15, 0.2) is 23.4 Å². The van der Waals surface area contributed by atoms with Crippen molar-refractivity contribution in [3.05, 3.63) is 28.7 Å². The average molecular weight is 220 g/mol. The quantitative estimate of drug-likeness (QED) is 0.730. The number of likely N-dealkylation sites (N-methyl/N-ethyl adjacent to an activating group) is 1. The minimum atomic E-state index is -0.930. The van der Waals surface area contributed by atoms with Crippen molar-refractivity contribution in [1.82, 2.24) is 0 Å². The number of benzene rings is 1. The van der Waals surface area contributed by atoms with E-state index in [1.165, 1.54) is 4.90 Å². The van der Waals surface area contributed by atoms with E-state index in [1.807, 2.05) is 6.92 Å². The van der Waals surface area contributed by atoms with E-state index >= 15 is 0 Å². The predicted octanol–water partition coefficient (Wildman–Crippen LogP) is 1.87. The monoisotopic (exact) mass is 220 g/mol. The molecule has 0 saturated heterocycles. The van der Waals surface area contributed by atoms with E-state index in [4.69, 9.17) is 4.74 Å². The largest absolute Gasteiger partial charge is 0.494 e. The van der Waals surface area contributed by atoms with Gasteiger partial charge in [-0.3, -0.25) is 4.79 Å². The second kappa shape index (κ2) is 3.92. The van der Waals surface area contributed by atoms with Gasteiger partial charge in [-0.25, -0.2) is 0 Å². The van der Waals surface area contributed by atoms with E-state index in [0.717, 1.165) is 5.69 Å². The third-order valence-corrected chi connectivity index (χ3v) is 2.64. The number of rotatable bonds is 3. The summed E-state index contributed by atoms with van der Waals surface area (Å²) in [7, 11) is 1.63. The average Bonchev–Trinajstić information content (AvgIpc) is 2.52. The molecular formula is C11H12N2O3. The Labute approximate surface area is 93.0 Å². The number of ether oxygens (including phenoxy) is 1. The molecule has 1 aliphatic rings. The van der Waals surface area contributed by atoms with Gasteiger partial charge in [0.25, 0.3) is 5.91 Å². The van der Waals surface area contributed by atoms with Crippen molar-refractivity contribution in [3.63, 3.8) is 0 Å². The van der Waals surface area contributed by atoms with Gasteiger partial charge in [0.15, 0.2) is 6.04 Å². The number of hydrogen-bond donors (Lipinski definition) is 0. The lowest BCUT2D eigenvalue weighted by Gasteiger charge is -2.10. The summed E-state index contributed by atoms with van der Waals surface area (Å²) in [6.07, 6.45) is 0. The normalized spacial score (nSPS) is 18.5. The van der Waals surface area contributed by atoms with Crippen LogP contribution in [0.3, 0.4) is 0 Å². The molecule has 0 bridgehead atoms. The van der Waals surface area contributed by atoms with Gasteiger partial charge in [0, 0.05) is 18.3 Å². The zero-order chi connectivity index (χ0) is 11.7. The van der Waals surface area contributed by atoms with Crippen molar-refractivity contribution in [2.75, 3.05) is 18.6 Å². The zero-order valence-corrected chi connectivity index (χ0v) is 9.14. The van der Waals surface area contributed by atoms with E-state index in [1.54, 1.807) is 25.2 Å². The number of hydrogen-bond acceptors (Lipinski definition) is 4. The van der Waals surface area contributed by atoms with Gasteiger partial charge in [0.1, 0.15) is 5.75 Å². The van der Waals surface area contributed by atoms with Gasteiger partial charge in [0.2, 0.25) is 0 Å². The Morgan fingerprint density at radius 1 is 1.50 bits per heavy atom. The van der Waals surface area contributed by atoms with E-state index in [2.05, 4.69) is 5.18 Å². The highest BCUT2D eigenvalue weighted by atomic mass is 16.5. The number of amides is 1. The molecule has 1 aromatic carbocycles. The van der Waals surface area contributed by atoms with Crippen LogP contribution in [0.4, 0.5) is 5.69 Å². The van der Waals surface area contributed by atoms with Crippen LogP contribution in [-0.2, 0) is 4.79 Å². The second-order valence-corrected chi connectivity index (χ2v) is 3.56. The third-order valence-electron chi connectivity index (χ3n) is 2.64. The van der Waals surface area contributed by atoms with E-state index in [-0.39, 0.29) is 5.91 Å². The molecule has 16 heavy (non-hydrogen) atoms. The summed E-state index contributed by atoms with van der Waals surface area (Å²) in [5.41, 5.74) is 1.34. The van der Waals surface area contributed by atoms with Gasteiger partial charge in [-0.1, -0.05) is 5.18 Å². The first-order valence-electron chi connectivity index (χ1n) is 5.05. The van der Waals surface area contributed by atoms with Crippen molar-refractivity contribution in [2.45, 2.75) is 13.0 Å². The fourth-order valence-corrected chi connectivity index (χ4v) is 1.85. The fourth-order valence-electron chi connectivity index (χ4n) is 1.85. The Kier molecular flexibility index (Phi) is 2.60. The summed E-state index contributed by atoms with van der Waals surface area (Å²) in [6.45, 7) is 2.42. The van der Waals surface area contributed by atoms with Gasteiger partial charge in [0.05, 0.1) is 6.61 Å². The molecule has 1 unspecified atom stereocenters. The summed E-state index contributed by atoms with van der Waals surface area (Å²) >= 11 is 0. The maximum atomic E-state index is 11.7. The highest BCUT2D eigenvalue weighted by molar-refractivity contribution is 6.04. The van der Waals surface area contributed by atoms with Crippen LogP contribution in [0.25, 0.3) is 0 Å². The predicted molar refractivity (Wildman–Crippen MR) is 59.6 cm³/mol. The molecular weight excluding hydrogens is 208 g/mol. The maximum absolute atomic E-state index is 11.7. The number of carbonyl (C=O) groups excluding carboxylic acids is 1. The first-order valence-corrected chi connectivity index (χ1v) is 5.05. The molecule has 1 heterocycles. The molecule has 5 heteroatoms. The second-order valence-electron chi connectivity index (χ2n) is 3.56. The standard InChI is InChI=1S/C11H12N2O3/c1-3-16-7-4-5-9-8(6-7)10(12-15)11(14)13(9)2/h4-6,10H,3H2,1-2H3. The number of nitrogens with zero attached hydrogens (tertiary/aromatic N) is 2. The molecule has 0 spiro atoms. The van der Waals surface area contributed by atoms with Gasteiger partial charge in [-0.15, -0.1) is 4.91 Å². The number of carbonyl (C=O) groups is 1. The smallest absolute Gasteiger partial charge is 0.259 e. The molecule has 1 atom stereocenters. The first kappa shape index (κ1) is 10.6. The van der Waals surface area contributed by atoms with Crippen molar-refractivity contribution in [2.24, 2.45) is 5.18 Å². The Morgan fingerprint density at radius 2 is 2.25 bits per heavy atom. The van der Waals surface area contributed by atoms with Crippen LogP contribution in [0, 0.1) is 4.91 Å². The summed E-state index contributed by atoms with van der Waals surface area (Å²) in [5, 5.41) is 2.86. The topological polar surface area (TPSA) is 59.0 Å². The lowest BCUT2D eigenvalue weighted by atomic mass is 10.1. The number of nitroso groups, excluding NO2 is 1. The summed E-state index contributed by atoms with van der Waals surface area (Å²) in [6, 6.07) is 4.31. The lowest BCUT2D eigenvalue weighted by molar-refractivity contribution is -0.118. The highest BCUT2D eigenvalue weighted by Crippen LogP contribution is 2.39. The van der Waals surface area contributed by atoms with Crippen LogP contribution in [0.1, 0.15) is 18.5 Å². The van der Waals surface area contributed by atoms with Crippen LogP contribution in [0.5, 0.6) is 5.75 Å². The maximum Gasteiger partial charge on any atom is 0.259 e. The molecule has 0 fully saturated rings. The summed E-state index contributed by atoms with van der Waals surface area (Å²) in [4.78, 5) is 23.8. The molecule has 0 N–H and O–H groups in total. The van der Waals surface area contributed by atoms with Gasteiger partial charge >= 0.3 is 0 Å². The minimum absolute atomic E-state index is 0.293. The Morgan fingerprint density at radius 3 is 2.88 bits per heavy atom. The molecule has 1 aliphatic heterocycles. The van der Waals surface area contributed by atoms with Crippen molar-refractivity contribution in [1.29, 1.82) is 0 Å². The van der Waals surface area contributed by atoms with Gasteiger partial charge in [-0.05, 0) is 25.1 Å². The van der Waals surface area contributed by atoms with E-state index in [9.17, 15) is 9.70 Å². The van der Waals surface area contributed by atoms with Crippen molar-refractivity contribution < 1.29 is 9.53 Å². The highest BCUT2D eigenvalue weighted by Gasteiger charge is 2.36. The Bertz CT molecular complexity index is 445. The molecule has 5 nitrogen and oxygen atoms in total. The molecule has 0 radical (unpaired) electrons. The molecule has 1 aromatic rings. The van der Waals surface area contributed by atoms with Crippen molar-refractivity contribution >= 4 is 11.6 Å². The Balaban J connectivity index is 2.46. The van der Waals surface area contributed by atoms with Crippen LogP contribution < -0.4 is 9.64 Å². The molecule has 0 aromatic heterocycles. The van der Waals surface area contributed by atoms with Gasteiger partial charge < -0.3 is 9.64 Å². The molecule has 84 valence electrons. The lowest BCUT2D eigenvalue weighted by Crippen LogP contribution is -2.22. The number of anilines is 1. The molecule has 0 aliphatic carbocycles. The molecule has 1 amide bonds. The van der Waals surface area contributed by atoms with Crippen LogP contribution in [-0.4, -0.2) is 19.6 Å². The van der Waals surface area contributed by atoms with E-state index < -0.39 is 6.04 Å². The first-order chi connectivity index (χ1) is 7.69. The van der Waals surface area contributed by atoms with Gasteiger partial charge in [-0.2, -0.15) is 0 Å². The summed E-state index contributed by atoms with van der Waals surface area (Å²) < 4.78 is 5.32. The van der Waals surface area contributed by atoms with Crippen molar-refractivity contribution in [3.8, 4) is 5.75 Å². The van der Waals surface area contributed by atoms with Crippen LogP contribution >= 0.6 is 0 Å². The van der Waals surface area contributed by atoms with E-state index in [0.29, 0.717) is 17.9 Å². The number of fused-ring (bicyclic) bond motifs is 1. The van der Waals surface area contributed by atoms with Crippen LogP contribution in [0.2, 0.25) is 0 Å². The Hall–Kier alpha value is -1.91. The molecule has 2 rings (SSSR count). The molecule has 0 saturated carbocycles. The minimum Gasteiger partial charge on any atom is -0.494 e.